The van der Waals surface area contributed by atoms with E-state index >= 15 is 0 Å². The lowest BCUT2D eigenvalue weighted by atomic mass is 9.72. The molecule has 1 amide bonds. The second-order valence-electron chi connectivity index (χ2n) is 4.83. The molecule has 1 aliphatic carbocycles. The summed E-state index contributed by atoms with van der Waals surface area (Å²) in [4.78, 5) is 11.9. The van der Waals surface area contributed by atoms with Gasteiger partial charge in [0.15, 0.2) is 0 Å². The number of amides is 1. The van der Waals surface area contributed by atoms with Crippen LogP contribution >= 0.6 is 0 Å². The maximum atomic E-state index is 11.9. The first kappa shape index (κ1) is 12.1. The molecule has 0 aliphatic heterocycles. The molecule has 3 heteroatoms. The van der Waals surface area contributed by atoms with Crippen LogP contribution in [0, 0.1) is 0 Å². The first-order valence-corrected chi connectivity index (χ1v) is 6.26. The first-order valence-electron chi connectivity index (χ1n) is 6.26. The van der Waals surface area contributed by atoms with Crippen molar-refractivity contribution in [3.05, 3.63) is 35.4 Å². The predicted molar refractivity (Wildman–Crippen MR) is 68.6 cm³/mol. The summed E-state index contributed by atoms with van der Waals surface area (Å²) in [7, 11) is 0. The topological polar surface area (TPSA) is 55.1 Å². The van der Waals surface area contributed by atoms with Gasteiger partial charge in [0.2, 0.25) is 5.91 Å². The van der Waals surface area contributed by atoms with Crippen LogP contribution < -0.4 is 11.1 Å². The molecule has 2 rings (SSSR count). The molecule has 2 unspecified atom stereocenters. The van der Waals surface area contributed by atoms with E-state index in [1.54, 1.807) is 0 Å². The van der Waals surface area contributed by atoms with Crippen molar-refractivity contribution in [3.8, 4) is 0 Å². The lowest BCUT2D eigenvalue weighted by Crippen LogP contribution is -2.54. The van der Waals surface area contributed by atoms with Gasteiger partial charge in [-0.1, -0.05) is 38.1 Å². The zero-order valence-corrected chi connectivity index (χ0v) is 10.5. The molecule has 0 spiro atoms. The average molecular weight is 232 g/mol. The van der Waals surface area contributed by atoms with Crippen LogP contribution in [0.25, 0.3) is 0 Å². The first-order chi connectivity index (χ1) is 8.12. The molecule has 1 aromatic carbocycles. The van der Waals surface area contributed by atoms with Crippen molar-refractivity contribution >= 4 is 5.91 Å². The Hall–Kier alpha value is -1.35. The molecule has 1 aliphatic rings. The number of primary amides is 1. The standard InChI is InChI=1S/C14H20N2O/c1-3-16-14(13(15)17)9-8-10(2)11-6-4-5-7-12(11)14/h4-7,10,16H,3,8-9H2,1-2H3,(H2,15,17). The highest BCUT2D eigenvalue weighted by Crippen LogP contribution is 2.40. The van der Waals surface area contributed by atoms with Crippen LogP contribution in [0.2, 0.25) is 0 Å². The lowest BCUT2D eigenvalue weighted by molar-refractivity contribution is -0.125. The van der Waals surface area contributed by atoms with Crippen LogP contribution in [0.3, 0.4) is 0 Å². The number of nitrogens with one attached hydrogen (secondary N) is 1. The van der Waals surface area contributed by atoms with Gasteiger partial charge < -0.3 is 5.73 Å². The Balaban J connectivity index is 2.56. The number of carbonyl (C=O) groups is 1. The highest BCUT2D eigenvalue weighted by atomic mass is 16.1. The fourth-order valence-corrected chi connectivity index (χ4v) is 2.87. The van der Waals surface area contributed by atoms with Crippen molar-refractivity contribution in [2.75, 3.05) is 6.54 Å². The molecule has 3 nitrogen and oxygen atoms in total. The van der Waals surface area contributed by atoms with E-state index in [2.05, 4.69) is 18.3 Å². The summed E-state index contributed by atoms with van der Waals surface area (Å²) in [6, 6.07) is 8.14. The highest BCUT2D eigenvalue weighted by molar-refractivity contribution is 5.87. The van der Waals surface area contributed by atoms with Crippen LogP contribution in [0.1, 0.15) is 43.7 Å². The molecule has 0 saturated heterocycles. The normalized spacial score (nSPS) is 27.5. The van der Waals surface area contributed by atoms with Crippen LogP contribution in [-0.4, -0.2) is 12.5 Å². The minimum atomic E-state index is -0.669. The minimum absolute atomic E-state index is 0.265. The predicted octanol–water partition coefficient (Wildman–Crippen LogP) is 1.87. The molecule has 0 saturated carbocycles. The van der Waals surface area contributed by atoms with Crippen LogP contribution in [0.15, 0.2) is 24.3 Å². The second-order valence-corrected chi connectivity index (χ2v) is 4.83. The number of fused-ring (bicyclic) bond motifs is 1. The summed E-state index contributed by atoms with van der Waals surface area (Å²) in [6.45, 7) is 4.95. The third-order valence-corrected chi connectivity index (χ3v) is 3.80. The van der Waals surface area contributed by atoms with Crippen molar-refractivity contribution < 1.29 is 4.79 Å². The summed E-state index contributed by atoms with van der Waals surface area (Å²) >= 11 is 0. The van der Waals surface area contributed by atoms with Crippen LogP contribution in [0.5, 0.6) is 0 Å². The lowest BCUT2D eigenvalue weighted by Gasteiger charge is -2.39. The molecule has 17 heavy (non-hydrogen) atoms. The van der Waals surface area contributed by atoms with Gasteiger partial charge in [0.05, 0.1) is 0 Å². The maximum Gasteiger partial charge on any atom is 0.242 e. The van der Waals surface area contributed by atoms with E-state index in [-0.39, 0.29) is 5.91 Å². The zero-order valence-electron chi connectivity index (χ0n) is 10.5. The molecule has 1 aromatic rings. The molecule has 92 valence electrons. The van der Waals surface area contributed by atoms with E-state index in [1.165, 1.54) is 5.56 Å². The third-order valence-electron chi connectivity index (χ3n) is 3.80. The summed E-state index contributed by atoms with van der Waals surface area (Å²) < 4.78 is 0. The van der Waals surface area contributed by atoms with Gasteiger partial charge in [-0.15, -0.1) is 0 Å². The number of hydrogen-bond donors (Lipinski definition) is 2. The Morgan fingerprint density at radius 2 is 2.24 bits per heavy atom. The molecular weight excluding hydrogens is 212 g/mol. The molecule has 2 atom stereocenters. The van der Waals surface area contributed by atoms with Gasteiger partial charge in [0.1, 0.15) is 5.54 Å². The van der Waals surface area contributed by atoms with E-state index in [1.807, 2.05) is 25.1 Å². The number of nitrogens with two attached hydrogens (primary N) is 1. The van der Waals surface area contributed by atoms with Crippen LogP contribution in [0.4, 0.5) is 0 Å². The van der Waals surface area contributed by atoms with Gasteiger partial charge in [0.25, 0.3) is 0 Å². The number of benzene rings is 1. The summed E-state index contributed by atoms with van der Waals surface area (Å²) in [5.41, 5.74) is 7.29. The molecular formula is C14H20N2O. The summed E-state index contributed by atoms with van der Waals surface area (Å²) in [5.74, 6) is 0.232. The molecule has 3 N–H and O–H groups in total. The largest absolute Gasteiger partial charge is 0.368 e. The molecule has 0 bridgehead atoms. The molecule has 0 radical (unpaired) electrons. The number of hydrogen-bond acceptors (Lipinski definition) is 2. The van der Waals surface area contributed by atoms with Gasteiger partial charge >= 0.3 is 0 Å². The Bertz CT molecular complexity index is 430. The molecule has 0 aromatic heterocycles. The minimum Gasteiger partial charge on any atom is -0.368 e. The number of carbonyl (C=O) groups excluding carboxylic acids is 1. The van der Waals surface area contributed by atoms with Gasteiger partial charge in [-0.05, 0) is 36.4 Å². The maximum absolute atomic E-state index is 11.9. The Morgan fingerprint density at radius 3 is 2.88 bits per heavy atom. The smallest absolute Gasteiger partial charge is 0.242 e. The van der Waals surface area contributed by atoms with Crippen molar-refractivity contribution in [2.24, 2.45) is 5.73 Å². The van der Waals surface area contributed by atoms with E-state index in [4.69, 9.17) is 5.73 Å². The fraction of sp³-hybridized carbons (Fsp3) is 0.500. The van der Waals surface area contributed by atoms with E-state index < -0.39 is 5.54 Å². The van der Waals surface area contributed by atoms with E-state index in [0.717, 1.165) is 24.9 Å². The second kappa shape index (κ2) is 4.49. The molecule has 0 heterocycles. The molecule has 0 fully saturated rings. The quantitative estimate of drug-likeness (QED) is 0.836. The number of likely N-dealkylation sites (N-methyl/N-ethyl adjacent to an activating group) is 1. The van der Waals surface area contributed by atoms with Crippen molar-refractivity contribution in [2.45, 2.75) is 38.1 Å². The van der Waals surface area contributed by atoms with Crippen LogP contribution in [-0.2, 0) is 10.3 Å². The SMILES string of the molecule is CCNC1(C(N)=O)CCC(C)c2ccccc21. The monoisotopic (exact) mass is 232 g/mol. The average Bonchev–Trinajstić information content (AvgIpc) is 2.33. The van der Waals surface area contributed by atoms with Gasteiger partial charge in [-0.2, -0.15) is 0 Å². The highest BCUT2D eigenvalue weighted by Gasteiger charge is 2.42. The Labute approximate surface area is 102 Å². The summed E-state index contributed by atoms with van der Waals surface area (Å²) in [5, 5.41) is 3.30. The zero-order chi connectivity index (χ0) is 12.5. The third kappa shape index (κ3) is 1.84. The Kier molecular flexibility index (Phi) is 3.20. The fourth-order valence-electron chi connectivity index (χ4n) is 2.87. The number of rotatable bonds is 3. The van der Waals surface area contributed by atoms with Gasteiger partial charge in [-0.3, -0.25) is 10.1 Å². The van der Waals surface area contributed by atoms with E-state index in [9.17, 15) is 4.79 Å². The van der Waals surface area contributed by atoms with Crippen molar-refractivity contribution in [1.29, 1.82) is 0 Å². The summed E-state index contributed by atoms with van der Waals surface area (Å²) in [6.07, 6.45) is 1.78. The van der Waals surface area contributed by atoms with Gasteiger partial charge in [0, 0.05) is 0 Å². The van der Waals surface area contributed by atoms with Crippen molar-refractivity contribution in [3.63, 3.8) is 0 Å². The van der Waals surface area contributed by atoms with Crippen molar-refractivity contribution in [1.82, 2.24) is 5.32 Å². The van der Waals surface area contributed by atoms with Gasteiger partial charge in [-0.25, -0.2) is 0 Å². The Morgan fingerprint density at radius 1 is 1.53 bits per heavy atom. The van der Waals surface area contributed by atoms with E-state index in [0.29, 0.717) is 5.92 Å².